The van der Waals surface area contributed by atoms with Gasteiger partial charge < -0.3 is 10.2 Å². The van der Waals surface area contributed by atoms with Gasteiger partial charge in [-0.15, -0.1) is 0 Å². The van der Waals surface area contributed by atoms with Gasteiger partial charge in [-0.05, 0) is 18.2 Å². The summed E-state index contributed by atoms with van der Waals surface area (Å²) in [6.45, 7) is 0.618. The molecular weight excluding hydrogens is 309 g/mol. The van der Waals surface area contributed by atoms with E-state index in [1.807, 2.05) is 0 Å². The van der Waals surface area contributed by atoms with Crippen molar-refractivity contribution in [2.45, 2.75) is 12.2 Å². The number of likely N-dealkylation sites (tertiary alicyclic amines) is 1. The standard InChI is InChI=1S/C15H13F3N4O/c16-15(17,18)12-5-2-1-4-11(12)13(23)22-8-10(9-22)21-14-19-6-3-7-20-14/h1-7,10H,8-9H2,(H,19,20,21). The molecule has 5 nitrogen and oxygen atoms in total. The molecule has 1 aliphatic heterocycles. The van der Waals surface area contributed by atoms with E-state index in [0.29, 0.717) is 19.0 Å². The Balaban J connectivity index is 1.66. The molecular formula is C15H13F3N4O. The van der Waals surface area contributed by atoms with Gasteiger partial charge in [0.2, 0.25) is 5.95 Å². The number of rotatable bonds is 3. The van der Waals surface area contributed by atoms with E-state index in [2.05, 4.69) is 15.3 Å². The highest BCUT2D eigenvalue weighted by Crippen LogP contribution is 2.33. The van der Waals surface area contributed by atoms with Crippen LogP contribution in [0.15, 0.2) is 42.7 Å². The van der Waals surface area contributed by atoms with Crippen LogP contribution in [0.2, 0.25) is 0 Å². The van der Waals surface area contributed by atoms with Crippen LogP contribution in [-0.4, -0.2) is 39.9 Å². The summed E-state index contributed by atoms with van der Waals surface area (Å²) < 4.78 is 38.9. The Morgan fingerprint density at radius 1 is 1.13 bits per heavy atom. The summed E-state index contributed by atoms with van der Waals surface area (Å²) in [5.41, 5.74) is -1.23. The average Bonchev–Trinajstić information content (AvgIpc) is 2.50. The second kappa shape index (κ2) is 5.86. The Kier molecular flexibility index (Phi) is 3.89. The molecule has 0 radical (unpaired) electrons. The summed E-state index contributed by atoms with van der Waals surface area (Å²) in [5.74, 6) is -0.190. The van der Waals surface area contributed by atoms with E-state index in [4.69, 9.17) is 0 Å². The second-order valence-electron chi connectivity index (χ2n) is 5.17. The molecule has 1 aromatic carbocycles. The zero-order valence-electron chi connectivity index (χ0n) is 11.9. The number of benzene rings is 1. The monoisotopic (exact) mass is 322 g/mol. The Bertz CT molecular complexity index is 699. The summed E-state index contributed by atoms with van der Waals surface area (Å²) in [4.78, 5) is 21.6. The largest absolute Gasteiger partial charge is 0.417 e. The molecule has 0 bridgehead atoms. The highest BCUT2D eigenvalue weighted by Gasteiger charge is 2.38. The van der Waals surface area contributed by atoms with Gasteiger partial charge in [0.1, 0.15) is 0 Å². The fourth-order valence-corrected chi connectivity index (χ4v) is 2.38. The number of nitrogens with zero attached hydrogens (tertiary/aromatic N) is 3. The van der Waals surface area contributed by atoms with Crippen molar-refractivity contribution >= 4 is 11.9 Å². The van der Waals surface area contributed by atoms with Crippen LogP contribution in [-0.2, 0) is 6.18 Å². The summed E-state index contributed by atoms with van der Waals surface area (Å²) >= 11 is 0. The molecule has 0 spiro atoms. The number of hydrogen-bond acceptors (Lipinski definition) is 4. The number of carbonyl (C=O) groups is 1. The summed E-state index contributed by atoms with van der Waals surface area (Å²) in [7, 11) is 0. The van der Waals surface area contributed by atoms with Crippen LogP contribution < -0.4 is 5.32 Å². The third kappa shape index (κ3) is 3.25. The minimum absolute atomic E-state index is 0.0700. The lowest BCUT2D eigenvalue weighted by molar-refractivity contribution is -0.138. The predicted molar refractivity (Wildman–Crippen MR) is 76.8 cm³/mol. The number of hydrogen-bond donors (Lipinski definition) is 1. The van der Waals surface area contributed by atoms with Crippen molar-refractivity contribution in [3.63, 3.8) is 0 Å². The lowest BCUT2D eigenvalue weighted by Gasteiger charge is -2.39. The van der Waals surface area contributed by atoms with Gasteiger partial charge in [-0.1, -0.05) is 12.1 Å². The molecule has 2 aromatic rings. The number of halogens is 3. The molecule has 1 N–H and O–H groups in total. The summed E-state index contributed by atoms with van der Waals surface area (Å²) in [6.07, 6.45) is -1.39. The molecule has 0 saturated carbocycles. The van der Waals surface area contributed by atoms with Crippen LogP contribution in [0, 0.1) is 0 Å². The second-order valence-corrected chi connectivity index (χ2v) is 5.17. The number of anilines is 1. The van der Waals surface area contributed by atoms with Crippen molar-refractivity contribution in [1.29, 1.82) is 0 Å². The Labute approximate surface area is 130 Å². The lowest BCUT2D eigenvalue weighted by Crippen LogP contribution is -2.57. The van der Waals surface area contributed by atoms with Crippen LogP contribution in [0.1, 0.15) is 15.9 Å². The number of nitrogens with one attached hydrogen (secondary N) is 1. The maximum atomic E-state index is 13.0. The Hall–Kier alpha value is -2.64. The Morgan fingerprint density at radius 2 is 1.78 bits per heavy atom. The topological polar surface area (TPSA) is 58.1 Å². The van der Waals surface area contributed by atoms with Crippen LogP contribution in [0.4, 0.5) is 19.1 Å². The van der Waals surface area contributed by atoms with Crippen LogP contribution in [0.25, 0.3) is 0 Å². The quantitative estimate of drug-likeness (QED) is 0.943. The first-order valence-electron chi connectivity index (χ1n) is 6.94. The zero-order chi connectivity index (χ0) is 16.4. The molecule has 1 fully saturated rings. The van der Waals surface area contributed by atoms with E-state index in [9.17, 15) is 18.0 Å². The zero-order valence-corrected chi connectivity index (χ0v) is 11.9. The van der Waals surface area contributed by atoms with Gasteiger partial charge in [0, 0.05) is 25.5 Å². The van der Waals surface area contributed by atoms with Crippen molar-refractivity contribution in [2.24, 2.45) is 0 Å². The molecule has 0 aliphatic carbocycles. The molecule has 3 rings (SSSR count). The van der Waals surface area contributed by atoms with E-state index < -0.39 is 17.6 Å². The van der Waals surface area contributed by atoms with Crippen LogP contribution >= 0.6 is 0 Å². The minimum Gasteiger partial charge on any atom is -0.348 e. The van der Waals surface area contributed by atoms with E-state index in [1.54, 1.807) is 18.5 Å². The maximum absolute atomic E-state index is 13.0. The molecule has 2 heterocycles. The SMILES string of the molecule is O=C(c1ccccc1C(F)(F)F)N1CC(Nc2ncccn2)C1. The first-order chi connectivity index (χ1) is 10.9. The Morgan fingerprint density at radius 3 is 2.43 bits per heavy atom. The fraction of sp³-hybridized carbons (Fsp3) is 0.267. The predicted octanol–water partition coefficient (Wildman–Crippen LogP) is 2.43. The fourth-order valence-electron chi connectivity index (χ4n) is 2.38. The maximum Gasteiger partial charge on any atom is 0.417 e. The number of carbonyl (C=O) groups excluding carboxylic acids is 1. The summed E-state index contributed by atoms with van der Waals surface area (Å²) in [5, 5.41) is 3.02. The first kappa shape index (κ1) is 15.3. The van der Waals surface area contributed by atoms with E-state index >= 15 is 0 Å². The van der Waals surface area contributed by atoms with Crippen molar-refractivity contribution in [1.82, 2.24) is 14.9 Å². The molecule has 120 valence electrons. The number of alkyl halides is 3. The van der Waals surface area contributed by atoms with E-state index in [0.717, 1.165) is 6.07 Å². The van der Waals surface area contributed by atoms with Crippen molar-refractivity contribution < 1.29 is 18.0 Å². The lowest BCUT2D eigenvalue weighted by atomic mass is 10.0. The smallest absolute Gasteiger partial charge is 0.348 e. The molecule has 23 heavy (non-hydrogen) atoms. The highest BCUT2D eigenvalue weighted by molar-refractivity contribution is 5.96. The van der Waals surface area contributed by atoms with Gasteiger partial charge in [0.05, 0.1) is 17.2 Å². The van der Waals surface area contributed by atoms with Crippen molar-refractivity contribution in [3.05, 3.63) is 53.9 Å². The van der Waals surface area contributed by atoms with Gasteiger partial charge in [0.15, 0.2) is 0 Å². The van der Waals surface area contributed by atoms with Crippen LogP contribution in [0.3, 0.4) is 0 Å². The molecule has 1 aliphatic rings. The average molecular weight is 322 g/mol. The first-order valence-corrected chi connectivity index (χ1v) is 6.94. The number of amides is 1. The van der Waals surface area contributed by atoms with Gasteiger partial charge in [0.25, 0.3) is 5.91 Å². The van der Waals surface area contributed by atoms with Crippen molar-refractivity contribution in [2.75, 3.05) is 18.4 Å². The highest BCUT2D eigenvalue weighted by atomic mass is 19.4. The van der Waals surface area contributed by atoms with Gasteiger partial charge in [-0.25, -0.2) is 9.97 Å². The molecule has 1 aromatic heterocycles. The summed E-state index contributed by atoms with van der Waals surface area (Å²) in [6, 6.07) is 6.42. The van der Waals surface area contributed by atoms with Gasteiger partial charge in [-0.2, -0.15) is 13.2 Å². The van der Waals surface area contributed by atoms with E-state index in [1.165, 1.54) is 23.1 Å². The van der Waals surface area contributed by atoms with Crippen molar-refractivity contribution in [3.8, 4) is 0 Å². The normalized spacial score (nSPS) is 15.2. The van der Waals surface area contributed by atoms with E-state index in [-0.39, 0.29) is 11.6 Å². The number of aromatic nitrogens is 2. The van der Waals surface area contributed by atoms with Crippen LogP contribution in [0.5, 0.6) is 0 Å². The molecule has 8 heteroatoms. The molecule has 0 unspecified atom stereocenters. The third-order valence-electron chi connectivity index (χ3n) is 3.53. The molecule has 0 atom stereocenters. The molecule has 1 amide bonds. The molecule has 1 saturated heterocycles. The minimum atomic E-state index is -4.55. The van der Waals surface area contributed by atoms with Gasteiger partial charge >= 0.3 is 6.18 Å². The van der Waals surface area contributed by atoms with Gasteiger partial charge in [-0.3, -0.25) is 4.79 Å². The third-order valence-corrected chi connectivity index (χ3v) is 3.53.